The molecule has 0 radical (unpaired) electrons. The summed E-state index contributed by atoms with van der Waals surface area (Å²) in [4.78, 5) is 15.0. The number of benzene rings is 2. The number of rotatable bonds is 7. The highest BCUT2D eigenvalue weighted by Crippen LogP contribution is 2.30. The lowest BCUT2D eigenvalue weighted by Gasteiger charge is -2.36. The first-order chi connectivity index (χ1) is 14.8. The Bertz CT molecular complexity index is 855. The highest BCUT2D eigenvalue weighted by molar-refractivity contribution is 5.84. The van der Waals surface area contributed by atoms with Gasteiger partial charge >= 0.3 is 6.18 Å². The van der Waals surface area contributed by atoms with Crippen LogP contribution in [-0.2, 0) is 27.1 Å². The molecule has 3 rings (SSSR count). The number of ether oxygens (including phenoxy) is 2. The second-order valence-corrected chi connectivity index (χ2v) is 8.12. The minimum atomic E-state index is -4.38. The van der Waals surface area contributed by atoms with Gasteiger partial charge in [0.25, 0.3) is 0 Å². The molecule has 7 heteroatoms. The van der Waals surface area contributed by atoms with E-state index in [4.69, 9.17) is 9.47 Å². The van der Waals surface area contributed by atoms with Crippen molar-refractivity contribution >= 4 is 5.91 Å². The molecule has 0 spiro atoms. The molecule has 0 aromatic heterocycles. The molecule has 1 aliphatic rings. The van der Waals surface area contributed by atoms with Crippen LogP contribution in [0.5, 0.6) is 0 Å². The fraction of sp³-hybridized carbons (Fsp3) is 0.458. The minimum Gasteiger partial charge on any atom is -0.374 e. The van der Waals surface area contributed by atoms with Crippen LogP contribution in [0.4, 0.5) is 13.2 Å². The Morgan fingerprint density at radius 1 is 1.16 bits per heavy atom. The Morgan fingerprint density at radius 2 is 1.90 bits per heavy atom. The summed E-state index contributed by atoms with van der Waals surface area (Å²) in [6.45, 7) is 5.64. The molecule has 1 heterocycles. The standard InChI is InChI=1S/C24H28F3NO3/c1-17(2)22(19-8-4-3-5-9-19)23(29)28-11-12-31-21(14-28)16-30-15-18-7-6-10-20(13-18)24(25,26)27/h3-10,13,17,21-22H,11-12,14-16H2,1-2H3. The zero-order valence-electron chi connectivity index (χ0n) is 17.8. The molecule has 2 atom stereocenters. The molecule has 0 N–H and O–H groups in total. The summed E-state index contributed by atoms with van der Waals surface area (Å²) in [6, 6.07) is 14.8. The van der Waals surface area contributed by atoms with Crippen molar-refractivity contribution in [3.05, 3.63) is 71.3 Å². The van der Waals surface area contributed by atoms with Gasteiger partial charge in [0, 0.05) is 13.1 Å². The number of alkyl halides is 3. The SMILES string of the molecule is CC(C)C(C(=O)N1CCOC(COCc2cccc(C(F)(F)F)c2)C1)c1ccccc1. The topological polar surface area (TPSA) is 38.8 Å². The third-order valence-electron chi connectivity index (χ3n) is 5.37. The first-order valence-electron chi connectivity index (χ1n) is 10.4. The zero-order valence-corrected chi connectivity index (χ0v) is 17.8. The van der Waals surface area contributed by atoms with Crippen LogP contribution < -0.4 is 0 Å². The normalized spacial score (nSPS) is 18.3. The molecule has 2 aromatic rings. The van der Waals surface area contributed by atoms with E-state index in [1.54, 1.807) is 11.0 Å². The van der Waals surface area contributed by atoms with Gasteiger partial charge in [-0.05, 0) is 29.2 Å². The molecule has 1 aliphatic heterocycles. The van der Waals surface area contributed by atoms with Crippen molar-refractivity contribution in [1.29, 1.82) is 0 Å². The van der Waals surface area contributed by atoms with Crippen LogP contribution in [0.15, 0.2) is 54.6 Å². The lowest BCUT2D eigenvalue weighted by Crippen LogP contribution is -2.49. The van der Waals surface area contributed by atoms with Crippen LogP contribution in [0, 0.1) is 5.92 Å². The maximum absolute atomic E-state index is 13.2. The van der Waals surface area contributed by atoms with Crippen LogP contribution in [0.2, 0.25) is 0 Å². The highest BCUT2D eigenvalue weighted by atomic mass is 19.4. The first kappa shape index (κ1) is 23.3. The Hall–Kier alpha value is -2.38. The fourth-order valence-corrected chi connectivity index (χ4v) is 3.84. The van der Waals surface area contributed by atoms with Crippen LogP contribution in [0.1, 0.15) is 36.5 Å². The Morgan fingerprint density at radius 3 is 2.58 bits per heavy atom. The van der Waals surface area contributed by atoms with E-state index >= 15 is 0 Å². The van der Waals surface area contributed by atoms with Crippen molar-refractivity contribution in [3.8, 4) is 0 Å². The number of nitrogens with zero attached hydrogens (tertiary/aromatic N) is 1. The smallest absolute Gasteiger partial charge is 0.374 e. The molecule has 31 heavy (non-hydrogen) atoms. The average Bonchev–Trinajstić information content (AvgIpc) is 2.74. The summed E-state index contributed by atoms with van der Waals surface area (Å²) in [7, 11) is 0. The molecular formula is C24H28F3NO3. The van der Waals surface area contributed by atoms with Gasteiger partial charge in [0.05, 0.1) is 37.4 Å². The highest BCUT2D eigenvalue weighted by Gasteiger charge is 2.32. The van der Waals surface area contributed by atoms with E-state index in [0.717, 1.165) is 17.7 Å². The number of hydrogen-bond donors (Lipinski definition) is 0. The fourth-order valence-electron chi connectivity index (χ4n) is 3.84. The summed E-state index contributed by atoms with van der Waals surface area (Å²) in [5, 5.41) is 0. The molecule has 1 saturated heterocycles. The predicted octanol–water partition coefficient (Wildman–Crippen LogP) is 4.89. The van der Waals surface area contributed by atoms with E-state index in [9.17, 15) is 18.0 Å². The Kier molecular flexibility index (Phi) is 7.73. The first-order valence-corrected chi connectivity index (χ1v) is 10.4. The van der Waals surface area contributed by atoms with Crippen LogP contribution in [0.3, 0.4) is 0 Å². The average molecular weight is 435 g/mol. The zero-order chi connectivity index (χ0) is 22.4. The maximum atomic E-state index is 13.2. The number of halogens is 3. The molecule has 4 nitrogen and oxygen atoms in total. The molecule has 2 aromatic carbocycles. The largest absolute Gasteiger partial charge is 0.416 e. The van der Waals surface area contributed by atoms with Crippen molar-refractivity contribution in [2.24, 2.45) is 5.92 Å². The van der Waals surface area contributed by atoms with Crippen molar-refractivity contribution in [1.82, 2.24) is 4.90 Å². The van der Waals surface area contributed by atoms with E-state index < -0.39 is 11.7 Å². The van der Waals surface area contributed by atoms with E-state index in [-0.39, 0.29) is 37.1 Å². The van der Waals surface area contributed by atoms with Crippen molar-refractivity contribution < 1.29 is 27.4 Å². The summed E-state index contributed by atoms with van der Waals surface area (Å²) in [5.74, 6) is -0.0216. The summed E-state index contributed by atoms with van der Waals surface area (Å²) < 4.78 is 49.9. The van der Waals surface area contributed by atoms with Crippen molar-refractivity contribution in [2.45, 2.75) is 38.7 Å². The van der Waals surface area contributed by atoms with E-state index in [2.05, 4.69) is 0 Å². The van der Waals surface area contributed by atoms with Crippen molar-refractivity contribution in [2.75, 3.05) is 26.3 Å². The molecule has 1 fully saturated rings. The van der Waals surface area contributed by atoms with Gasteiger partial charge < -0.3 is 14.4 Å². The number of hydrogen-bond acceptors (Lipinski definition) is 3. The summed E-state index contributed by atoms with van der Waals surface area (Å²) in [6.07, 6.45) is -4.69. The van der Waals surface area contributed by atoms with Crippen LogP contribution in [-0.4, -0.2) is 43.2 Å². The number of amides is 1. The van der Waals surface area contributed by atoms with E-state index in [0.29, 0.717) is 25.3 Å². The summed E-state index contributed by atoms with van der Waals surface area (Å²) in [5.41, 5.74) is 0.744. The number of morpholine rings is 1. The van der Waals surface area contributed by atoms with E-state index in [1.165, 1.54) is 6.07 Å². The lowest BCUT2D eigenvalue weighted by molar-refractivity contribution is -0.144. The quantitative estimate of drug-likeness (QED) is 0.622. The Labute approximate surface area is 181 Å². The van der Waals surface area contributed by atoms with Crippen LogP contribution in [0.25, 0.3) is 0 Å². The van der Waals surface area contributed by atoms with Crippen LogP contribution >= 0.6 is 0 Å². The monoisotopic (exact) mass is 435 g/mol. The van der Waals surface area contributed by atoms with Gasteiger partial charge in [-0.2, -0.15) is 13.2 Å². The molecule has 2 unspecified atom stereocenters. The maximum Gasteiger partial charge on any atom is 0.416 e. The second-order valence-electron chi connectivity index (χ2n) is 8.12. The lowest BCUT2D eigenvalue weighted by atomic mass is 9.87. The van der Waals surface area contributed by atoms with Gasteiger partial charge in [0.1, 0.15) is 0 Å². The molecule has 0 bridgehead atoms. The van der Waals surface area contributed by atoms with Gasteiger partial charge in [-0.3, -0.25) is 4.79 Å². The van der Waals surface area contributed by atoms with Gasteiger partial charge in [-0.25, -0.2) is 0 Å². The van der Waals surface area contributed by atoms with E-state index in [1.807, 2.05) is 44.2 Å². The number of carbonyl (C=O) groups excluding carboxylic acids is 1. The minimum absolute atomic E-state index is 0.0519. The molecule has 168 valence electrons. The third-order valence-corrected chi connectivity index (χ3v) is 5.37. The van der Waals surface area contributed by atoms with Gasteiger partial charge in [-0.1, -0.05) is 56.3 Å². The molecular weight excluding hydrogens is 407 g/mol. The summed E-state index contributed by atoms with van der Waals surface area (Å²) >= 11 is 0. The van der Waals surface area contributed by atoms with Gasteiger partial charge in [0.15, 0.2) is 0 Å². The molecule has 0 saturated carbocycles. The van der Waals surface area contributed by atoms with Gasteiger partial charge in [-0.15, -0.1) is 0 Å². The third kappa shape index (κ3) is 6.31. The predicted molar refractivity (Wildman–Crippen MR) is 111 cm³/mol. The van der Waals surface area contributed by atoms with Gasteiger partial charge in [0.2, 0.25) is 5.91 Å². The Balaban J connectivity index is 1.56. The van der Waals surface area contributed by atoms with Crippen molar-refractivity contribution in [3.63, 3.8) is 0 Å². The molecule has 1 amide bonds. The molecule has 0 aliphatic carbocycles. The number of carbonyl (C=O) groups is 1. The second kappa shape index (κ2) is 10.3.